The average Bonchev–Trinajstić information content (AvgIpc) is 2.28. The van der Waals surface area contributed by atoms with E-state index in [1.807, 2.05) is 13.8 Å². The molecular formula is C11H16N2O2. The van der Waals surface area contributed by atoms with Gasteiger partial charge in [0.15, 0.2) is 0 Å². The fraction of sp³-hybridized carbons (Fsp3) is 0.364. The van der Waals surface area contributed by atoms with Crippen LogP contribution in [0.15, 0.2) is 12.1 Å². The molecule has 0 amide bonds. The Labute approximate surface area is 89.0 Å². The standard InChI is InChI=1S/C11H16N2O2/c1-3-7-5-9(11(12)13-15)6-8(4-2)10(7)14/h5-6,14-15H,3-4H2,1-2H3,(H2,12,13). The van der Waals surface area contributed by atoms with E-state index in [1.54, 1.807) is 17.6 Å². The normalized spacial score (nSPS) is 10.1. The van der Waals surface area contributed by atoms with Crippen LogP contribution in [0.3, 0.4) is 0 Å². The molecule has 1 aromatic carbocycles. The first kappa shape index (κ1) is 11.5. The van der Waals surface area contributed by atoms with Crippen LogP contribution in [0.25, 0.3) is 0 Å². The third-order valence-electron chi connectivity index (χ3n) is 2.43. The molecule has 0 radical (unpaired) electrons. The highest BCUT2D eigenvalue weighted by Gasteiger charge is 2.09. The van der Waals surface area contributed by atoms with E-state index < -0.39 is 0 Å². The zero-order valence-electron chi connectivity index (χ0n) is 8.96. The first-order chi connectivity index (χ1) is 7.13. The third-order valence-corrected chi connectivity index (χ3v) is 2.43. The first-order valence-corrected chi connectivity index (χ1v) is 4.97. The van der Waals surface area contributed by atoms with Gasteiger partial charge in [-0.3, -0.25) is 16.1 Å². The van der Waals surface area contributed by atoms with Crippen LogP contribution in [0.4, 0.5) is 0 Å². The summed E-state index contributed by atoms with van der Waals surface area (Å²) < 4.78 is 0. The molecule has 0 saturated heterocycles. The van der Waals surface area contributed by atoms with Gasteiger partial charge in [0, 0.05) is 5.56 Å². The molecule has 1 aromatic rings. The molecule has 4 N–H and O–H groups in total. The Kier molecular flexibility index (Phi) is 3.68. The molecule has 4 nitrogen and oxygen atoms in total. The van der Waals surface area contributed by atoms with Crippen molar-refractivity contribution in [2.24, 2.45) is 0 Å². The largest absolute Gasteiger partial charge is 0.507 e. The molecule has 0 fully saturated rings. The number of nitrogens with one attached hydrogen (secondary N) is 2. The summed E-state index contributed by atoms with van der Waals surface area (Å²) in [6, 6.07) is 3.42. The van der Waals surface area contributed by atoms with Gasteiger partial charge >= 0.3 is 0 Å². The van der Waals surface area contributed by atoms with Gasteiger partial charge in [-0.15, -0.1) is 0 Å². The molecule has 0 aliphatic carbocycles. The number of aromatic hydroxyl groups is 1. The minimum atomic E-state index is -0.0561. The van der Waals surface area contributed by atoms with E-state index >= 15 is 0 Å². The van der Waals surface area contributed by atoms with E-state index in [0.717, 1.165) is 11.1 Å². The zero-order valence-corrected chi connectivity index (χ0v) is 8.96. The first-order valence-electron chi connectivity index (χ1n) is 4.97. The van der Waals surface area contributed by atoms with Gasteiger partial charge in [0.25, 0.3) is 0 Å². The van der Waals surface area contributed by atoms with Crippen molar-refractivity contribution in [3.63, 3.8) is 0 Å². The fourth-order valence-electron chi connectivity index (χ4n) is 1.51. The Morgan fingerprint density at radius 1 is 1.27 bits per heavy atom. The summed E-state index contributed by atoms with van der Waals surface area (Å²) in [7, 11) is 0. The monoisotopic (exact) mass is 208 g/mol. The van der Waals surface area contributed by atoms with Crippen molar-refractivity contribution in [3.8, 4) is 5.75 Å². The Balaban J connectivity index is 3.26. The number of hydroxylamine groups is 1. The molecule has 15 heavy (non-hydrogen) atoms. The second-order valence-electron chi connectivity index (χ2n) is 3.34. The Hall–Kier alpha value is -1.55. The molecule has 0 aliphatic heterocycles. The van der Waals surface area contributed by atoms with Gasteiger partial charge in [0.1, 0.15) is 11.6 Å². The lowest BCUT2D eigenvalue weighted by Gasteiger charge is -2.11. The predicted octanol–water partition coefficient (Wildman–Crippen LogP) is 1.82. The van der Waals surface area contributed by atoms with Crippen LogP contribution in [0.5, 0.6) is 5.75 Å². The Morgan fingerprint density at radius 3 is 2.07 bits per heavy atom. The van der Waals surface area contributed by atoms with Crippen LogP contribution in [0.1, 0.15) is 30.5 Å². The van der Waals surface area contributed by atoms with Crippen LogP contribution >= 0.6 is 0 Å². The predicted molar refractivity (Wildman–Crippen MR) is 58.6 cm³/mol. The topological polar surface area (TPSA) is 76.3 Å². The number of aryl methyl sites for hydroxylation is 2. The quantitative estimate of drug-likeness (QED) is 0.347. The molecule has 0 spiro atoms. The van der Waals surface area contributed by atoms with E-state index in [0.29, 0.717) is 24.2 Å². The van der Waals surface area contributed by atoms with Crippen molar-refractivity contribution in [3.05, 3.63) is 28.8 Å². The SMILES string of the molecule is CCc1cc(C(=N)NO)cc(CC)c1O. The highest BCUT2D eigenvalue weighted by atomic mass is 16.5. The lowest BCUT2D eigenvalue weighted by Crippen LogP contribution is -2.19. The number of amidine groups is 1. The van der Waals surface area contributed by atoms with Gasteiger partial charge in [-0.05, 0) is 36.1 Å². The molecule has 82 valence electrons. The number of benzene rings is 1. The van der Waals surface area contributed by atoms with E-state index in [4.69, 9.17) is 10.6 Å². The molecule has 0 saturated carbocycles. The van der Waals surface area contributed by atoms with Gasteiger partial charge in [-0.1, -0.05) is 13.8 Å². The fourth-order valence-corrected chi connectivity index (χ4v) is 1.51. The average molecular weight is 208 g/mol. The minimum Gasteiger partial charge on any atom is -0.507 e. The number of phenols is 1. The maximum atomic E-state index is 9.81. The summed E-state index contributed by atoms with van der Waals surface area (Å²) in [4.78, 5) is 0. The molecule has 1 rings (SSSR count). The summed E-state index contributed by atoms with van der Waals surface area (Å²) in [5.74, 6) is 0.244. The van der Waals surface area contributed by atoms with Crippen molar-refractivity contribution < 1.29 is 10.3 Å². The molecule has 0 aromatic heterocycles. The zero-order chi connectivity index (χ0) is 11.4. The second-order valence-corrected chi connectivity index (χ2v) is 3.34. The molecule has 0 atom stereocenters. The molecule has 4 heteroatoms. The van der Waals surface area contributed by atoms with Crippen LogP contribution in [0, 0.1) is 5.41 Å². The molecular weight excluding hydrogens is 192 g/mol. The van der Waals surface area contributed by atoms with E-state index in [1.165, 1.54) is 0 Å². The van der Waals surface area contributed by atoms with Crippen LogP contribution < -0.4 is 5.48 Å². The van der Waals surface area contributed by atoms with E-state index in [9.17, 15) is 5.11 Å². The van der Waals surface area contributed by atoms with Gasteiger partial charge in [0.05, 0.1) is 0 Å². The smallest absolute Gasteiger partial charge is 0.149 e. The molecule has 0 heterocycles. The third kappa shape index (κ3) is 2.27. The van der Waals surface area contributed by atoms with Gasteiger partial charge in [0.2, 0.25) is 0 Å². The second kappa shape index (κ2) is 4.79. The molecule has 0 aliphatic rings. The Morgan fingerprint density at radius 2 is 1.73 bits per heavy atom. The number of phenolic OH excluding ortho intramolecular Hbond substituents is 1. The van der Waals surface area contributed by atoms with Crippen LogP contribution in [0.2, 0.25) is 0 Å². The summed E-state index contributed by atoms with van der Waals surface area (Å²) in [6.45, 7) is 3.88. The van der Waals surface area contributed by atoms with Crippen molar-refractivity contribution in [2.75, 3.05) is 0 Å². The van der Waals surface area contributed by atoms with Crippen molar-refractivity contribution in [2.45, 2.75) is 26.7 Å². The number of hydrogen-bond donors (Lipinski definition) is 4. The maximum absolute atomic E-state index is 9.81. The van der Waals surface area contributed by atoms with E-state index in [2.05, 4.69) is 0 Å². The van der Waals surface area contributed by atoms with E-state index in [-0.39, 0.29) is 5.84 Å². The van der Waals surface area contributed by atoms with Gasteiger partial charge in [-0.2, -0.15) is 0 Å². The van der Waals surface area contributed by atoms with Crippen molar-refractivity contribution in [1.82, 2.24) is 5.48 Å². The maximum Gasteiger partial charge on any atom is 0.149 e. The summed E-state index contributed by atoms with van der Waals surface area (Å²) in [5, 5.41) is 25.9. The highest BCUT2D eigenvalue weighted by Crippen LogP contribution is 2.25. The number of rotatable bonds is 3. The lowest BCUT2D eigenvalue weighted by atomic mass is 10.0. The van der Waals surface area contributed by atoms with Gasteiger partial charge < -0.3 is 5.11 Å². The minimum absolute atomic E-state index is 0.0561. The summed E-state index contributed by atoms with van der Waals surface area (Å²) >= 11 is 0. The lowest BCUT2D eigenvalue weighted by molar-refractivity contribution is 0.234. The van der Waals surface area contributed by atoms with Crippen molar-refractivity contribution in [1.29, 1.82) is 5.41 Å². The summed E-state index contributed by atoms with van der Waals surface area (Å²) in [6.07, 6.45) is 1.40. The van der Waals surface area contributed by atoms with Crippen LogP contribution in [-0.4, -0.2) is 16.1 Å². The summed E-state index contributed by atoms with van der Waals surface area (Å²) in [5.41, 5.74) is 3.98. The van der Waals surface area contributed by atoms with Crippen molar-refractivity contribution >= 4 is 5.84 Å². The highest BCUT2D eigenvalue weighted by molar-refractivity contribution is 5.96. The van der Waals surface area contributed by atoms with Gasteiger partial charge in [-0.25, -0.2) is 0 Å². The molecule has 0 unspecified atom stereocenters. The Bertz CT molecular complexity index is 350. The molecule has 0 bridgehead atoms. The van der Waals surface area contributed by atoms with Crippen LogP contribution in [-0.2, 0) is 12.8 Å². The number of hydrogen-bond acceptors (Lipinski definition) is 3.